The molecule has 0 aliphatic heterocycles. The van der Waals surface area contributed by atoms with Crippen LogP contribution in [-0.4, -0.2) is 12.2 Å². The van der Waals surface area contributed by atoms with Crippen molar-refractivity contribution in [1.29, 1.82) is 0 Å². The van der Waals surface area contributed by atoms with Crippen LogP contribution in [0.2, 0.25) is 0 Å². The van der Waals surface area contributed by atoms with Crippen LogP contribution in [0.3, 0.4) is 0 Å². The molecule has 0 spiro atoms. The average Bonchev–Trinajstić information content (AvgIpc) is 2.26. The van der Waals surface area contributed by atoms with E-state index in [-0.39, 0.29) is 12.2 Å². The van der Waals surface area contributed by atoms with Crippen molar-refractivity contribution in [3.63, 3.8) is 0 Å². The fourth-order valence-electron chi connectivity index (χ4n) is 1.32. The third-order valence-corrected chi connectivity index (χ3v) is 2.21. The fraction of sp³-hybridized carbons (Fsp3) is 0.462. The molecule has 0 fully saturated rings. The number of carbonyl (C=O) groups excluding carboxylic acids is 1. The van der Waals surface area contributed by atoms with Gasteiger partial charge in [0.05, 0.1) is 6.10 Å². The third kappa shape index (κ3) is 4.34. The highest BCUT2D eigenvalue weighted by molar-refractivity contribution is 5.67. The molecule has 0 saturated heterocycles. The number of nitrogens with one attached hydrogen (secondary N) is 1. The van der Waals surface area contributed by atoms with Gasteiger partial charge in [0.1, 0.15) is 0 Å². The molecule has 1 amide bonds. The Morgan fingerprint density at radius 1 is 1.25 bits per heavy atom. The van der Waals surface area contributed by atoms with Crippen LogP contribution in [0.25, 0.3) is 0 Å². The summed E-state index contributed by atoms with van der Waals surface area (Å²) < 4.78 is 4.97. The van der Waals surface area contributed by atoms with Gasteiger partial charge in [-0.3, -0.25) is 0 Å². The van der Waals surface area contributed by atoms with Crippen LogP contribution in [0.1, 0.15) is 31.9 Å². The number of benzene rings is 1. The Hall–Kier alpha value is -1.51. The summed E-state index contributed by atoms with van der Waals surface area (Å²) in [5.74, 6) is 0. The van der Waals surface area contributed by atoms with Crippen molar-refractivity contribution >= 4 is 6.09 Å². The first-order valence-corrected chi connectivity index (χ1v) is 5.64. The molecule has 3 heteroatoms. The summed E-state index contributed by atoms with van der Waals surface area (Å²) in [6, 6.07) is 8.19. The van der Waals surface area contributed by atoms with E-state index >= 15 is 0 Å². The zero-order valence-corrected chi connectivity index (χ0v) is 10.1. The van der Waals surface area contributed by atoms with Gasteiger partial charge in [-0.15, -0.1) is 0 Å². The topological polar surface area (TPSA) is 38.3 Å². The number of hydrogen-bond donors (Lipinski definition) is 1. The summed E-state index contributed by atoms with van der Waals surface area (Å²) >= 11 is 0. The van der Waals surface area contributed by atoms with Gasteiger partial charge < -0.3 is 10.1 Å². The summed E-state index contributed by atoms with van der Waals surface area (Å²) in [4.78, 5) is 11.2. The van der Waals surface area contributed by atoms with Gasteiger partial charge in [0.15, 0.2) is 0 Å². The molecule has 1 N–H and O–H groups in total. The molecular formula is C13H19NO2. The van der Waals surface area contributed by atoms with E-state index in [1.165, 1.54) is 5.56 Å². The largest absolute Gasteiger partial charge is 0.447 e. The summed E-state index contributed by atoms with van der Waals surface area (Å²) in [5.41, 5.74) is 2.38. The molecule has 0 aliphatic rings. The van der Waals surface area contributed by atoms with Crippen LogP contribution >= 0.6 is 0 Å². The number of hydrogen-bond acceptors (Lipinski definition) is 2. The smallest absolute Gasteiger partial charge is 0.407 e. The summed E-state index contributed by atoms with van der Waals surface area (Å²) in [6.07, 6.45) is 0.584. The van der Waals surface area contributed by atoms with Gasteiger partial charge in [0.25, 0.3) is 0 Å². The molecule has 0 saturated carbocycles. The van der Waals surface area contributed by atoms with Gasteiger partial charge in [0.2, 0.25) is 0 Å². The second-order valence-corrected chi connectivity index (χ2v) is 3.98. The van der Waals surface area contributed by atoms with E-state index in [0.717, 1.165) is 12.0 Å². The molecule has 1 rings (SSSR count). The minimum atomic E-state index is -0.366. The molecule has 88 valence electrons. The molecule has 1 aromatic rings. The molecule has 1 aromatic carbocycles. The quantitative estimate of drug-likeness (QED) is 0.849. The van der Waals surface area contributed by atoms with E-state index in [1.807, 2.05) is 26.0 Å². The summed E-state index contributed by atoms with van der Waals surface area (Å²) in [5, 5.41) is 2.71. The maximum atomic E-state index is 11.2. The summed E-state index contributed by atoms with van der Waals surface area (Å²) in [6.45, 7) is 6.29. The molecule has 16 heavy (non-hydrogen) atoms. The first-order chi connectivity index (χ1) is 7.61. The third-order valence-electron chi connectivity index (χ3n) is 2.21. The van der Waals surface area contributed by atoms with Gasteiger partial charge in [-0.1, -0.05) is 31.2 Å². The van der Waals surface area contributed by atoms with Crippen LogP contribution in [0.4, 0.5) is 4.79 Å². The minimum absolute atomic E-state index is 0.0810. The van der Waals surface area contributed by atoms with E-state index in [2.05, 4.69) is 24.4 Å². The van der Waals surface area contributed by atoms with Gasteiger partial charge in [0, 0.05) is 6.54 Å². The molecule has 0 atom stereocenters. The number of ether oxygens (including phenoxy) is 1. The Bertz CT molecular complexity index is 330. The van der Waals surface area contributed by atoms with Crippen molar-refractivity contribution in [3.05, 3.63) is 35.4 Å². The monoisotopic (exact) mass is 221 g/mol. The lowest BCUT2D eigenvalue weighted by atomic mass is 10.1. The molecule has 0 unspecified atom stereocenters. The van der Waals surface area contributed by atoms with Crippen molar-refractivity contribution < 1.29 is 9.53 Å². The van der Waals surface area contributed by atoms with Crippen molar-refractivity contribution in [1.82, 2.24) is 5.32 Å². The Kier molecular flexibility index (Phi) is 4.83. The molecule has 0 radical (unpaired) electrons. The first-order valence-electron chi connectivity index (χ1n) is 5.64. The lowest BCUT2D eigenvalue weighted by Crippen LogP contribution is -2.26. The highest BCUT2D eigenvalue weighted by Gasteiger charge is 2.03. The number of rotatable bonds is 4. The Morgan fingerprint density at radius 3 is 2.31 bits per heavy atom. The predicted octanol–water partition coefficient (Wildman–Crippen LogP) is 2.88. The Morgan fingerprint density at radius 2 is 1.81 bits per heavy atom. The van der Waals surface area contributed by atoms with Crippen LogP contribution < -0.4 is 5.32 Å². The minimum Gasteiger partial charge on any atom is -0.447 e. The normalized spacial score (nSPS) is 10.2. The predicted molar refractivity (Wildman–Crippen MR) is 64.3 cm³/mol. The second kappa shape index (κ2) is 6.16. The van der Waals surface area contributed by atoms with E-state index < -0.39 is 0 Å². The SMILES string of the molecule is CCc1ccc(CNC(=O)OC(C)C)cc1. The lowest BCUT2D eigenvalue weighted by Gasteiger charge is -2.09. The van der Waals surface area contributed by atoms with Gasteiger partial charge in [-0.25, -0.2) is 4.79 Å². The van der Waals surface area contributed by atoms with Crippen LogP contribution in [0, 0.1) is 0 Å². The zero-order chi connectivity index (χ0) is 12.0. The number of amides is 1. The number of carbonyl (C=O) groups is 1. The van der Waals surface area contributed by atoms with E-state index in [4.69, 9.17) is 4.74 Å². The van der Waals surface area contributed by atoms with Crippen molar-refractivity contribution in [3.8, 4) is 0 Å². The Labute approximate surface area is 96.8 Å². The van der Waals surface area contributed by atoms with Crippen molar-refractivity contribution in [2.24, 2.45) is 0 Å². The average molecular weight is 221 g/mol. The number of alkyl carbamates (subject to hydrolysis) is 1. The molecular weight excluding hydrogens is 202 g/mol. The van der Waals surface area contributed by atoms with E-state index in [9.17, 15) is 4.79 Å². The first kappa shape index (κ1) is 12.6. The zero-order valence-electron chi connectivity index (χ0n) is 10.1. The molecule has 0 heterocycles. The van der Waals surface area contributed by atoms with E-state index in [0.29, 0.717) is 6.54 Å². The Balaban J connectivity index is 2.39. The number of aryl methyl sites for hydroxylation is 1. The van der Waals surface area contributed by atoms with Gasteiger partial charge in [-0.2, -0.15) is 0 Å². The molecule has 0 aromatic heterocycles. The molecule has 3 nitrogen and oxygen atoms in total. The highest BCUT2D eigenvalue weighted by atomic mass is 16.6. The summed E-state index contributed by atoms with van der Waals surface area (Å²) in [7, 11) is 0. The van der Waals surface area contributed by atoms with Crippen LogP contribution in [-0.2, 0) is 17.7 Å². The van der Waals surface area contributed by atoms with E-state index in [1.54, 1.807) is 0 Å². The van der Waals surface area contributed by atoms with Crippen molar-refractivity contribution in [2.75, 3.05) is 0 Å². The van der Waals surface area contributed by atoms with Crippen LogP contribution in [0.5, 0.6) is 0 Å². The van der Waals surface area contributed by atoms with Crippen molar-refractivity contribution in [2.45, 2.75) is 39.8 Å². The fourth-order valence-corrected chi connectivity index (χ4v) is 1.32. The molecule has 0 aliphatic carbocycles. The molecule has 0 bridgehead atoms. The van der Waals surface area contributed by atoms with Gasteiger partial charge >= 0.3 is 6.09 Å². The lowest BCUT2D eigenvalue weighted by molar-refractivity contribution is 0.115. The van der Waals surface area contributed by atoms with Gasteiger partial charge in [-0.05, 0) is 31.4 Å². The second-order valence-electron chi connectivity index (χ2n) is 3.98. The highest BCUT2D eigenvalue weighted by Crippen LogP contribution is 2.04. The maximum Gasteiger partial charge on any atom is 0.407 e. The van der Waals surface area contributed by atoms with Crippen LogP contribution in [0.15, 0.2) is 24.3 Å². The standard InChI is InChI=1S/C13H19NO2/c1-4-11-5-7-12(8-6-11)9-14-13(15)16-10(2)3/h5-8,10H,4,9H2,1-3H3,(H,14,15). The maximum absolute atomic E-state index is 11.2.